The summed E-state index contributed by atoms with van der Waals surface area (Å²) >= 11 is 3.16. The topological polar surface area (TPSA) is 39.1 Å². The highest BCUT2D eigenvalue weighted by molar-refractivity contribution is 9.10. The molecule has 0 aliphatic rings. The molecule has 0 unspecified atom stereocenters. The molecule has 0 aliphatic heterocycles. The van der Waals surface area contributed by atoms with Crippen LogP contribution in [0.15, 0.2) is 45.8 Å². The van der Waals surface area contributed by atoms with Gasteiger partial charge in [0.25, 0.3) is 5.56 Å². The summed E-state index contributed by atoms with van der Waals surface area (Å²) in [4.78, 5) is 23.4. The number of pyridine rings is 1. The van der Waals surface area contributed by atoms with Crippen LogP contribution in [-0.2, 0) is 6.54 Å². The van der Waals surface area contributed by atoms with Crippen LogP contribution in [0.4, 0.5) is 8.78 Å². The average Bonchev–Trinajstić information content (AvgIpc) is 2.36. The van der Waals surface area contributed by atoms with Crippen molar-refractivity contribution in [3.63, 3.8) is 0 Å². The van der Waals surface area contributed by atoms with Gasteiger partial charge in [-0.1, -0.05) is 0 Å². The molecule has 0 amide bonds. The predicted octanol–water partition coefficient (Wildman–Crippen LogP) is 2.77. The molecular formula is C13H8BrF2NO2. The fourth-order valence-corrected chi connectivity index (χ4v) is 1.96. The second-order valence-corrected chi connectivity index (χ2v) is 4.78. The minimum absolute atomic E-state index is 0.349. The van der Waals surface area contributed by atoms with E-state index in [9.17, 15) is 18.4 Å². The lowest BCUT2D eigenvalue weighted by molar-refractivity contribution is 0.0966. The van der Waals surface area contributed by atoms with Crippen molar-refractivity contribution in [1.82, 2.24) is 4.57 Å². The molecule has 0 saturated carbocycles. The predicted molar refractivity (Wildman–Crippen MR) is 69.1 cm³/mol. The first-order valence-electron chi connectivity index (χ1n) is 5.31. The van der Waals surface area contributed by atoms with E-state index in [-0.39, 0.29) is 12.1 Å². The smallest absolute Gasteiger partial charge is 0.251 e. The molecule has 0 radical (unpaired) electrons. The van der Waals surface area contributed by atoms with Crippen molar-refractivity contribution >= 4 is 21.7 Å². The molecule has 19 heavy (non-hydrogen) atoms. The van der Waals surface area contributed by atoms with Crippen molar-refractivity contribution in [2.75, 3.05) is 0 Å². The Hall–Kier alpha value is -1.82. The summed E-state index contributed by atoms with van der Waals surface area (Å²) in [5.74, 6) is -2.18. The molecule has 2 rings (SSSR count). The van der Waals surface area contributed by atoms with E-state index in [0.29, 0.717) is 4.47 Å². The van der Waals surface area contributed by atoms with Crippen LogP contribution in [0.1, 0.15) is 10.4 Å². The lowest BCUT2D eigenvalue weighted by Gasteiger charge is -2.06. The fourth-order valence-electron chi connectivity index (χ4n) is 1.58. The molecule has 2 aromatic rings. The molecular weight excluding hydrogens is 320 g/mol. The van der Waals surface area contributed by atoms with Gasteiger partial charge in [-0.2, -0.15) is 0 Å². The number of rotatable bonds is 3. The van der Waals surface area contributed by atoms with Gasteiger partial charge in [-0.05, 0) is 40.2 Å². The van der Waals surface area contributed by atoms with Crippen molar-refractivity contribution in [3.05, 3.63) is 68.6 Å². The molecule has 0 bridgehead atoms. The van der Waals surface area contributed by atoms with Crippen LogP contribution in [0.3, 0.4) is 0 Å². The summed E-state index contributed by atoms with van der Waals surface area (Å²) < 4.78 is 28.1. The molecule has 98 valence electrons. The molecule has 1 aromatic heterocycles. The number of benzene rings is 1. The molecule has 0 saturated heterocycles. The molecule has 0 fully saturated rings. The highest BCUT2D eigenvalue weighted by Crippen LogP contribution is 2.12. The summed E-state index contributed by atoms with van der Waals surface area (Å²) in [6.07, 6.45) is 1.41. The van der Waals surface area contributed by atoms with E-state index in [1.165, 1.54) is 18.3 Å². The first-order chi connectivity index (χ1) is 8.97. The maximum Gasteiger partial charge on any atom is 0.251 e. The maximum absolute atomic E-state index is 13.4. The standard InChI is InChI=1S/C13H8BrF2NO2/c14-8-1-4-13(19)17(6-8)7-12(18)10-5-9(15)2-3-11(10)16/h1-6H,7H2. The molecule has 0 spiro atoms. The van der Waals surface area contributed by atoms with Gasteiger partial charge in [0.05, 0.1) is 12.1 Å². The third-order valence-electron chi connectivity index (χ3n) is 2.49. The number of carbonyl (C=O) groups excluding carboxylic acids is 1. The van der Waals surface area contributed by atoms with Crippen molar-refractivity contribution in [3.8, 4) is 0 Å². The number of Topliss-reactive ketones (excluding diaryl/α,β-unsaturated/α-hetero) is 1. The third kappa shape index (κ3) is 3.14. The van der Waals surface area contributed by atoms with E-state index >= 15 is 0 Å². The molecule has 0 aliphatic carbocycles. The average molecular weight is 328 g/mol. The second kappa shape index (κ2) is 5.44. The number of aromatic nitrogens is 1. The van der Waals surface area contributed by atoms with Gasteiger partial charge in [-0.3, -0.25) is 9.59 Å². The molecule has 0 N–H and O–H groups in total. The highest BCUT2D eigenvalue weighted by Gasteiger charge is 2.14. The van der Waals surface area contributed by atoms with Gasteiger partial charge in [-0.25, -0.2) is 8.78 Å². The number of nitrogens with zero attached hydrogens (tertiary/aromatic N) is 1. The van der Waals surface area contributed by atoms with E-state index in [4.69, 9.17) is 0 Å². The van der Waals surface area contributed by atoms with Gasteiger partial charge in [-0.15, -0.1) is 0 Å². The van der Waals surface area contributed by atoms with Crippen LogP contribution < -0.4 is 5.56 Å². The van der Waals surface area contributed by atoms with Crippen molar-refractivity contribution in [2.24, 2.45) is 0 Å². The van der Waals surface area contributed by atoms with Crippen LogP contribution >= 0.6 is 15.9 Å². The summed E-state index contributed by atoms with van der Waals surface area (Å²) in [5, 5.41) is 0. The van der Waals surface area contributed by atoms with Gasteiger partial charge >= 0.3 is 0 Å². The summed E-state index contributed by atoms with van der Waals surface area (Å²) in [6.45, 7) is -0.349. The van der Waals surface area contributed by atoms with Crippen LogP contribution in [0.2, 0.25) is 0 Å². The lowest BCUT2D eigenvalue weighted by atomic mass is 10.1. The third-order valence-corrected chi connectivity index (χ3v) is 2.96. The first kappa shape index (κ1) is 13.6. The molecule has 0 atom stereocenters. The molecule has 3 nitrogen and oxygen atoms in total. The van der Waals surface area contributed by atoms with Crippen LogP contribution in [0, 0.1) is 11.6 Å². The fraction of sp³-hybridized carbons (Fsp3) is 0.0769. The molecule has 1 heterocycles. The zero-order valence-electron chi connectivity index (χ0n) is 9.57. The Morgan fingerprint density at radius 3 is 2.68 bits per heavy atom. The minimum atomic E-state index is -0.811. The molecule has 6 heteroatoms. The monoisotopic (exact) mass is 327 g/mol. The van der Waals surface area contributed by atoms with E-state index < -0.39 is 23.0 Å². The van der Waals surface area contributed by atoms with E-state index in [2.05, 4.69) is 15.9 Å². The molecule has 1 aromatic carbocycles. The summed E-state index contributed by atoms with van der Waals surface area (Å²) in [5.41, 5.74) is -0.764. The number of hydrogen-bond acceptors (Lipinski definition) is 2. The van der Waals surface area contributed by atoms with Crippen LogP contribution in [0.5, 0.6) is 0 Å². The number of ketones is 1. The Morgan fingerprint density at radius 2 is 1.95 bits per heavy atom. The maximum atomic E-state index is 13.4. The van der Waals surface area contributed by atoms with Gasteiger partial charge in [0.15, 0.2) is 5.78 Å². The Balaban J connectivity index is 2.33. The minimum Gasteiger partial charge on any atom is -0.307 e. The van der Waals surface area contributed by atoms with Crippen LogP contribution in [0.25, 0.3) is 0 Å². The van der Waals surface area contributed by atoms with Gasteiger partial charge < -0.3 is 4.57 Å². The van der Waals surface area contributed by atoms with E-state index in [1.807, 2.05) is 0 Å². The normalized spacial score (nSPS) is 10.5. The Kier molecular flexibility index (Phi) is 3.90. The Labute approximate surface area is 115 Å². The van der Waals surface area contributed by atoms with E-state index in [0.717, 1.165) is 22.8 Å². The van der Waals surface area contributed by atoms with Gasteiger partial charge in [0.2, 0.25) is 0 Å². The first-order valence-corrected chi connectivity index (χ1v) is 6.11. The van der Waals surface area contributed by atoms with Gasteiger partial charge in [0.1, 0.15) is 11.6 Å². The zero-order chi connectivity index (χ0) is 14.0. The highest BCUT2D eigenvalue weighted by atomic mass is 79.9. The summed E-state index contributed by atoms with van der Waals surface area (Å²) in [7, 11) is 0. The Bertz CT molecular complexity index is 697. The van der Waals surface area contributed by atoms with E-state index in [1.54, 1.807) is 0 Å². The van der Waals surface area contributed by atoms with Crippen LogP contribution in [-0.4, -0.2) is 10.4 Å². The SMILES string of the molecule is O=C(Cn1cc(Br)ccc1=O)c1cc(F)ccc1F. The lowest BCUT2D eigenvalue weighted by Crippen LogP contribution is -2.23. The number of hydrogen-bond donors (Lipinski definition) is 0. The van der Waals surface area contributed by atoms with Crippen molar-refractivity contribution in [2.45, 2.75) is 6.54 Å². The van der Waals surface area contributed by atoms with Crippen molar-refractivity contribution in [1.29, 1.82) is 0 Å². The number of halogens is 3. The zero-order valence-corrected chi connectivity index (χ0v) is 11.2. The summed E-state index contributed by atoms with van der Waals surface area (Å²) in [6, 6.07) is 5.44. The quantitative estimate of drug-likeness (QED) is 0.813. The van der Waals surface area contributed by atoms with Gasteiger partial charge in [0, 0.05) is 16.7 Å². The largest absolute Gasteiger partial charge is 0.307 e. The Morgan fingerprint density at radius 1 is 1.21 bits per heavy atom. The second-order valence-electron chi connectivity index (χ2n) is 3.86. The number of carbonyl (C=O) groups is 1. The van der Waals surface area contributed by atoms with Crippen molar-refractivity contribution < 1.29 is 13.6 Å².